The van der Waals surface area contributed by atoms with Crippen LogP contribution in [0.1, 0.15) is 68.4 Å². The zero-order valence-corrected chi connectivity index (χ0v) is 26.6. The zero-order valence-electron chi connectivity index (χ0n) is 26.6. The second-order valence-electron chi connectivity index (χ2n) is 9.46. The van der Waals surface area contributed by atoms with Crippen molar-refractivity contribution in [2.75, 3.05) is 0 Å². The minimum atomic E-state index is -0.0854. The van der Waals surface area contributed by atoms with E-state index in [1.165, 1.54) is 27.8 Å². The maximum Gasteiger partial charge on any atom is 0.106 e. The van der Waals surface area contributed by atoms with Crippen LogP contribution in [0.25, 0.3) is 0 Å². The summed E-state index contributed by atoms with van der Waals surface area (Å²) in [6.07, 6.45) is 3.55. The number of allylic oxidation sites excluding steroid dienone is 3. The number of hydroxylamine groups is 1. The van der Waals surface area contributed by atoms with Crippen LogP contribution in [0.4, 0.5) is 0 Å². The molecule has 5 nitrogen and oxygen atoms in total. The van der Waals surface area contributed by atoms with Crippen LogP contribution in [0.3, 0.4) is 0 Å². The molecule has 3 aromatic carbocycles. The highest BCUT2D eigenvalue weighted by molar-refractivity contribution is 5.41. The van der Waals surface area contributed by atoms with Gasteiger partial charge in [-0.15, -0.1) is 0 Å². The summed E-state index contributed by atoms with van der Waals surface area (Å²) in [4.78, 5) is 16.0. The first-order valence-electron chi connectivity index (χ1n) is 14.2. The minimum absolute atomic E-state index is 0.0854. The first kappa shape index (κ1) is 39.9. The van der Waals surface area contributed by atoms with Gasteiger partial charge < -0.3 is 15.3 Å². The van der Waals surface area contributed by atoms with Crippen molar-refractivity contribution in [3.8, 4) is 0 Å². The van der Waals surface area contributed by atoms with Crippen LogP contribution in [0, 0.1) is 19.8 Å². The molecule has 0 amide bonds. The quantitative estimate of drug-likeness (QED) is 0.167. The summed E-state index contributed by atoms with van der Waals surface area (Å²) in [5, 5.41) is 9.09. The van der Waals surface area contributed by atoms with E-state index in [-0.39, 0.29) is 5.92 Å². The highest BCUT2D eigenvalue weighted by Crippen LogP contribution is 2.28. The Bertz CT molecular complexity index is 1180. The third-order valence-corrected chi connectivity index (χ3v) is 6.22. The second kappa shape index (κ2) is 24.6. The van der Waals surface area contributed by atoms with Gasteiger partial charge >= 0.3 is 0 Å². The average molecular weight is 573 g/mol. The van der Waals surface area contributed by atoms with Gasteiger partial charge in [0.25, 0.3) is 0 Å². The fraction of sp³-hybridized carbons (Fsp3) is 0.297. The van der Waals surface area contributed by atoms with Crippen molar-refractivity contribution in [2.45, 2.75) is 67.2 Å². The van der Waals surface area contributed by atoms with Gasteiger partial charge in [-0.25, -0.2) is 0 Å². The van der Waals surface area contributed by atoms with Crippen molar-refractivity contribution in [2.24, 2.45) is 11.7 Å². The largest absolute Gasteiger partial charge is 0.402 e. The van der Waals surface area contributed by atoms with Gasteiger partial charge in [0.15, 0.2) is 0 Å². The van der Waals surface area contributed by atoms with Crippen LogP contribution >= 0.6 is 0 Å². The summed E-state index contributed by atoms with van der Waals surface area (Å²) in [6, 6.07) is 27.6. The molecule has 0 saturated heterocycles. The maximum atomic E-state index is 9.09. The van der Waals surface area contributed by atoms with Gasteiger partial charge in [-0.3, -0.25) is 10.7 Å². The molecule has 3 aromatic rings. The number of benzene rings is 3. The summed E-state index contributed by atoms with van der Waals surface area (Å²) in [7, 11) is 0. The SMILES string of the molecule is C=C(Cc1ccccc1)/C(=C(\N)CCC)C(C)C(=C)NO.C=O.C=O.CC.Cc1ccc(Cc2cccc(C)c2)cc1. The molecule has 0 aliphatic carbocycles. The molecular formula is C37H52N2O3. The fourth-order valence-electron chi connectivity index (χ4n) is 4.19. The van der Waals surface area contributed by atoms with Gasteiger partial charge in [-0.1, -0.05) is 137 Å². The summed E-state index contributed by atoms with van der Waals surface area (Å²) < 4.78 is 0. The Balaban J connectivity index is 0. The van der Waals surface area contributed by atoms with Crippen LogP contribution in [-0.4, -0.2) is 18.8 Å². The number of hydrogen-bond acceptors (Lipinski definition) is 5. The van der Waals surface area contributed by atoms with E-state index in [1.807, 2.05) is 52.5 Å². The van der Waals surface area contributed by atoms with Crippen molar-refractivity contribution in [1.29, 1.82) is 0 Å². The van der Waals surface area contributed by atoms with Crippen molar-refractivity contribution >= 4 is 13.6 Å². The lowest BCUT2D eigenvalue weighted by molar-refractivity contribution is -0.0987. The first-order valence-corrected chi connectivity index (χ1v) is 14.2. The normalized spacial score (nSPS) is 10.6. The standard InChI is InChI=1S/C18H26N2O.C15H16.C2H6.2CH2O/c1-5-9-17(19)18(14(3)15(4)20-21)13(2)12-16-10-7-6-8-11-16;1-12-6-8-14(9-7-12)11-15-5-3-4-13(2)10-15;3*1-2/h6-8,10-11,14,20-21H,2,4-5,9,12,19H2,1,3H3;3-10H,11H2,1-2H3;1-2H3;2*1H2/b18-17+;;;;. The lowest BCUT2D eigenvalue weighted by Gasteiger charge is -2.22. The molecule has 0 aliphatic rings. The van der Waals surface area contributed by atoms with Crippen LogP contribution in [0.5, 0.6) is 0 Å². The van der Waals surface area contributed by atoms with E-state index in [2.05, 4.69) is 100 Å². The molecule has 0 bridgehead atoms. The third kappa shape index (κ3) is 15.5. The van der Waals surface area contributed by atoms with Crippen LogP contribution in [0.2, 0.25) is 0 Å². The van der Waals surface area contributed by atoms with Crippen LogP contribution in [-0.2, 0) is 22.4 Å². The molecule has 0 aliphatic heterocycles. The topological polar surface area (TPSA) is 92.4 Å². The van der Waals surface area contributed by atoms with E-state index < -0.39 is 0 Å². The summed E-state index contributed by atoms with van der Waals surface area (Å²) >= 11 is 0. The molecule has 4 N–H and O–H groups in total. The Morgan fingerprint density at radius 1 is 0.810 bits per heavy atom. The van der Waals surface area contributed by atoms with E-state index >= 15 is 0 Å². The predicted octanol–water partition coefficient (Wildman–Crippen LogP) is 8.48. The Hall–Kier alpha value is -4.22. The number of carbonyl (C=O) groups is 2. The summed E-state index contributed by atoms with van der Waals surface area (Å²) in [6.45, 7) is 24.4. The average Bonchev–Trinajstić information content (AvgIpc) is 3.02. The second-order valence-corrected chi connectivity index (χ2v) is 9.46. The Kier molecular flexibility index (Phi) is 23.4. The van der Waals surface area contributed by atoms with Gasteiger partial charge in [0, 0.05) is 17.3 Å². The van der Waals surface area contributed by atoms with E-state index in [9.17, 15) is 0 Å². The van der Waals surface area contributed by atoms with E-state index in [0.29, 0.717) is 5.70 Å². The number of rotatable bonds is 10. The van der Waals surface area contributed by atoms with Gasteiger partial charge in [0.05, 0.1) is 0 Å². The molecule has 5 heteroatoms. The highest BCUT2D eigenvalue weighted by atomic mass is 16.5. The Morgan fingerprint density at radius 2 is 1.36 bits per heavy atom. The molecule has 0 fully saturated rings. The van der Waals surface area contributed by atoms with Crippen molar-refractivity contribution in [3.63, 3.8) is 0 Å². The summed E-state index contributed by atoms with van der Waals surface area (Å²) in [5.41, 5.74) is 18.3. The highest BCUT2D eigenvalue weighted by Gasteiger charge is 2.18. The molecule has 1 atom stereocenters. The maximum absolute atomic E-state index is 9.09. The molecule has 0 radical (unpaired) electrons. The number of nitrogens with one attached hydrogen (secondary N) is 1. The number of nitrogens with two attached hydrogens (primary N) is 1. The van der Waals surface area contributed by atoms with Crippen molar-refractivity contribution in [3.05, 3.63) is 142 Å². The molecule has 3 rings (SSSR count). The lowest BCUT2D eigenvalue weighted by Crippen LogP contribution is -2.20. The summed E-state index contributed by atoms with van der Waals surface area (Å²) in [5.74, 6) is -0.0854. The molecule has 0 spiro atoms. The smallest absolute Gasteiger partial charge is 0.106 e. The molecule has 228 valence electrons. The molecule has 0 aromatic heterocycles. The molecule has 1 unspecified atom stereocenters. The van der Waals surface area contributed by atoms with Crippen molar-refractivity contribution < 1.29 is 14.8 Å². The van der Waals surface area contributed by atoms with Crippen LogP contribution < -0.4 is 11.2 Å². The van der Waals surface area contributed by atoms with Gasteiger partial charge in [-0.05, 0) is 60.9 Å². The molecule has 0 saturated carbocycles. The van der Waals surface area contributed by atoms with Gasteiger partial charge in [0.1, 0.15) is 13.6 Å². The number of hydrogen-bond donors (Lipinski definition) is 3. The van der Waals surface area contributed by atoms with Crippen molar-refractivity contribution in [1.82, 2.24) is 5.48 Å². The molecular weight excluding hydrogens is 520 g/mol. The van der Waals surface area contributed by atoms with Gasteiger partial charge in [0.2, 0.25) is 0 Å². The number of carbonyl (C=O) groups excluding carboxylic acids is 2. The Labute approximate surface area is 254 Å². The monoisotopic (exact) mass is 572 g/mol. The minimum Gasteiger partial charge on any atom is -0.402 e. The van der Waals surface area contributed by atoms with E-state index in [0.717, 1.165) is 42.5 Å². The van der Waals surface area contributed by atoms with Gasteiger partial charge in [-0.2, -0.15) is 0 Å². The molecule has 42 heavy (non-hydrogen) atoms. The fourth-order valence-corrected chi connectivity index (χ4v) is 4.19. The number of aryl methyl sites for hydroxylation is 2. The first-order chi connectivity index (χ1) is 20.2. The zero-order chi connectivity index (χ0) is 32.5. The van der Waals surface area contributed by atoms with E-state index in [4.69, 9.17) is 20.5 Å². The van der Waals surface area contributed by atoms with E-state index in [1.54, 1.807) is 0 Å². The lowest BCUT2D eigenvalue weighted by atomic mass is 9.86. The predicted molar refractivity (Wildman–Crippen MR) is 179 cm³/mol. The third-order valence-electron chi connectivity index (χ3n) is 6.22. The molecule has 0 heterocycles. The Morgan fingerprint density at radius 3 is 1.86 bits per heavy atom. The van der Waals surface area contributed by atoms with Crippen LogP contribution in [0.15, 0.2) is 115 Å².